The lowest BCUT2D eigenvalue weighted by Gasteiger charge is -2.37. The summed E-state index contributed by atoms with van der Waals surface area (Å²) < 4.78 is 6.87. The number of aromatic hydroxyl groups is 1. The number of thiazole rings is 1. The molecular formula is C24H26N4O2S. The number of benzene rings is 2. The molecule has 4 aromatic rings. The lowest BCUT2D eigenvalue weighted by molar-refractivity contribution is 0.150. The van der Waals surface area contributed by atoms with Crippen molar-refractivity contribution in [2.45, 2.75) is 25.3 Å². The van der Waals surface area contributed by atoms with Crippen LogP contribution in [-0.2, 0) is 6.42 Å². The number of hydrogen-bond donors (Lipinski definition) is 1. The standard InChI is InChI=1S/C24H26N4O2S/c1-30-20-9-7-19(8-10-20)21(22-23(29)28-24(31-22)25-16-26-28)27-13-11-18(12-14-27)15-17-5-3-2-4-6-17/h2-10,16,18,21,29H,11-15H2,1H3/t21-/m0/s1. The molecule has 7 heteroatoms. The van der Waals surface area contributed by atoms with Gasteiger partial charge >= 0.3 is 0 Å². The average Bonchev–Trinajstić information content (AvgIpc) is 3.40. The topological polar surface area (TPSA) is 62.9 Å². The van der Waals surface area contributed by atoms with Crippen LogP contribution >= 0.6 is 11.3 Å². The van der Waals surface area contributed by atoms with E-state index in [9.17, 15) is 5.11 Å². The number of likely N-dealkylation sites (tertiary alicyclic amines) is 1. The van der Waals surface area contributed by atoms with Crippen molar-refractivity contribution in [3.05, 3.63) is 76.9 Å². The molecule has 0 unspecified atom stereocenters. The molecule has 1 atom stereocenters. The Morgan fingerprint density at radius 2 is 1.84 bits per heavy atom. The summed E-state index contributed by atoms with van der Waals surface area (Å²) in [5, 5.41) is 15.1. The smallest absolute Gasteiger partial charge is 0.230 e. The number of nitrogens with zero attached hydrogens (tertiary/aromatic N) is 4. The van der Waals surface area contributed by atoms with Crippen molar-refractivity contribution < 1.29 is 9.84 Å². The van der Waals surface area contributed by atoms with E-state index in [0.717, 1.165) is 48.5 Å². The Balaban J connectivity index is 1.41. The predicted molar refractivity (Wildman–Crippen MR) is 122 cm³/mol. The maximum Gasteiger partial charge on any atom is 0.230 e. The molecule has 6 nitrogen and oxygen atoms in total. The minimum atomic E-state index is -0.0305. The Kier molecular flexibility index (Phi) is 5.61. The first-order chi connectivity index (χ1) is 15.2. The van der Waals surface area contributed by atoms with Gasteiger partial charge < -0.3 is 9.84 Å². The number of piperidine rings is 1. The van der Waals surface area contributed by atoms with Crippen molar-refractivity contribution >= 4 is 16.3 Å². The minimum absolute atomic E-state index is 0.0305. The molecule has 2 aromatic heterocycles. The van der Waals surface area contributed by atoms with Crippen LogP contribution in [0.3, 0.4) is 0 Å². The monoisotopic (exact) mass is 434 g/mol. The van der Waals surface area contributed by atoms with E-state index in [-0.39, 0.29) is 11.9 Å². The molecule has 0 saturated carbocycles. The first-order valence-corrected chi connectivity index (χ1v) is 11.5. The summed E-state index contributed by atoms with van der Waals surface area (Å²) in [5.41, 5.74) is 2.55. The lowest BCUT2D eigenvalue weighted by atomic mass is 9.89. The van der Waals surface area contributed by atoms with Crippen LogP contribution in [0.2, 0.25) is 0 Å². The van der Waals surface area contributed by atoms with Crippen LogP contribution in [0.25, 0.3) is 4.96 Å². The largest absolute Gasteiger partial charge is 0.497 e. The van der Waals surface area contributed by atoms with Gasteiger partial charge in [0, 0.05) is 0 Å². The third-order valence-corrected chi connectivity index (χ3v) is 7.29. The molecule has 0 bridgehead atoms. The Morgan fingerprint density at radius 3 is 2.52 bits per heavy atom. The fraction of sp³-hybridized carbons (Fsp3) is 0.333. The molecule has 1 fully saturated rings. The fourth-order valence-electron chi connectivity index (χ4n) is 4.55. The number of methoxy groups -OCH3 is 1. The van der Waals surface area contributed by atoms with E-state index in [1.807, 2.05) is 12.1 Å². The fourth-order valence-corrected chi connectivity index (χ4v) is 5.64. The van der Waals surface area contributed by atoms with Gasteiger partial charge in [0.15, 0.2) is 0 Å². The Bertz CT molecular complexity index is 1130. The first-order valence-electron chi connectivity index (χ1n) is 10.7. The van der Waals surface area contributed by atoms with Gasteiger partial charge in [0.2, 0.25) is 10.8 Å². The van der Waals surface area contributed by atoms with Gasteiger partial charge in [0.1, 0.15) is 12.1 Å². The van der Waals surface area contributed by atoms with E-state index in [2.05, 4.69) is 57.4 Å². The molecule has 5 rings (SSSR count). The van der Waals surface area contributed by atoms with Gasteiger partial charge in [-0.25, -0.2) is 4.98 Å². The number of aromatic nitrogens is 3. The van der Waals surface area contributed by atoms with Gasteiger partial charge in [-0.2, -0.15) is 9.61 Å². The highest BCUT2D eigenvalue weighted by Crippen LogP contribution is 2.41. The zero-order valence-corrected chi connectivity index (χ0v) is 18.3. The summed E-state index contributed by atoms with van der Waals surface area (Å²) in [5.74, 6) is 1.70. The Labute approximate surface area is 185 Å². The van der Waals surface area contributed by atoms with E-state index in [0.29, 0.717) is 10.9 Å². The maximum absolute atomic E-state index is 10.9. The quantitative estimate of drug-likeness (QED) is 0.482. The third kappa shape index (κ3) is 4.03. The molecule has 0 spiro atoms. The molecule has 1 aliphatic heterocycles. The van der Waals surface area contributed by atoms with E-state index in [1.54, 1.807) is 7.11 Å². The summed E-state index contributed by atoms with van der Waals surface area (Å²) in [6, 6.07) is 18.9. The molecule has 31 heavy (non-hydrogen) atoms. The molecule has 3 heterocycles. The molecule has 0 amide bonds. The summed E-state index contributed by atoms with van der Waals surface area (Å²) in [7, 11) is 1.68. The predicted octanol–water partition coefficient (Wildman–Crippen LogP) is 4.55. The highest BCUT2D eigenvalue weighted by Gasteiger charge is 2.32. The van der Waals surface area contributed by atoms with Crippen molar-refractivity contribution in [3.8, 4) is 11.6 Å². The van der Waals surface area contributed by atoms with Crippen molar-refractivity contribution in [1.29, 1.82) is 0 Å². The molecule has 0 aliphatic carbocycles. The molecule has 160 valence electrons. The highest BCUT2D eigenvalue weighted by molar-refractivity contribution is 7.17. The molecule has 1 N–H and O–H groups in total. The van der Waals surface area contributed by atoms with Crippen molar-refractivity contribution in [1.82, 2.24) is 19.5 Å². The van der Waals surface area contributed by atoms with Gasteiger partial charge in [-0.15, -0.1) is 0 Å². The second-order valence-electron chi connectivity index (χ2n) is 8.09. The van der Waals surface area contributed by atoms with Gasteiger partial charge in [-0.1, -0.05) is 53.8 Å². The first kappa shape index (κ1) is 20.0. The molecule has 1 saturated heterocycles. The Hall–Kier alpha value is -2.90. The van der Waals surface area contributed by atoms with Gasteiger partial charge in [-0.05, 0) is 61.5 Å². The Morgan fingerprint density at radius 1 is 1.10 bits per heavy atom. The number of rotatable bonds is 6. The van der Waals surface area contributed by atoms with Crippen molar-refractivity contribution in [2.24, 2.45) is 5.92 Å². The van der Waals surface area contributed by atoms with Crippen LogP contribution < -0.4 is 4.74 Å². The minimum Gasteiger partial charge on any atom is -0.497 e. The second kappa shape index (κ2) is 8.69. The molecule has 0 radical (unpaired) electrons. The summed E-state index contributed by atoms with van der Waals surface area (Å²) in [4.78, 5) is 8.36. The van der Waals surface area contributed by atoms with Gasteiger partial charge in [-0.3, -0.25) is 4.90 Å². The van der Waals surface area contributed by atoms with Crippen LogP contribution in [0.1, 0.15) is 34.9 Å². The lowest BCUT2D eigenvalue weighted by Crippen LogP contribution is -2.37. The molecule has 2 aromatic carbocycles. The average molecular weight is 435 g/mol. The van der Waals surface area contributed by atoms with Crippen LogP contribution in [0.5, 0.6) is 11.6 Å². The van der Waals surface area contributed by atoms with Crippen molar-refractivity contribution in [2.75, 3.05) is 20.2 Å². The van der Waals surface area contributed by atoms with Crippen molar-refractivity contribution in [3.63, 3.8) is 0 Å². The van der Waals surface area contributed by atoms with Crippen LogP contribution in [0.4, 0.5) is 0 Å². The highest BCUT2D eigenvalue weighted by atomic mass is 32.1. The van der Waals surface area contributed by atoms with Crippen LogP contribution in [-0.4, -0.2) is 44.8 Å². The zero-order chi connectivity index (χ0) is 21.2. The molecular weight excluding hydrogens is 408 g/mol. The normalized spacial score (nSPS) is 16.5. The van der Waals surface area contributed by atoms with Gasteiger partial charge in [0.25, 0.3) is 0 Å². The molecule has 1 aliphatic rings. The second-order valence-corrected chi connectivity index (χ2v) is 9.10. The summed E-state index contributed by atoms with van der Waals surface area (Å²) >= 11 is 1.51. The number of fused-ring (bicyclic) bond motifs is 1. The number of hydrogen-bond acceptors (Lipinski definition) is 6. The number of ether oxygens (including phenoxy) is 1. The van der Waals surface area contributed by atoms with E-state index in [1.165, 1.54) is 27.7 Å². The van der Waals surface area contributed by atoms with E-state index >= 15 is 0 Å². The van der Waals surface area contributed by atoms with Gasteiger partial charge in [0.05, 0.1) is 18.0 Å². The maximum atomic E-state index is 10.9. The SMILES string of the molecule is COc1ccc([C@@H](c2sc3ncnn3c2O)N2CCC(Cc3ccccc3)CC2)cc1. The van der Waals surface area contributed by atoms with E-state index in [4.69, 9.17) is 4.74 Å². The van der Waals surface area contributed by atoms with Crippen LogP contribution in [0, 0.1) is 5.92 Å². The van der Waals surface area contributed by atoms with E-state index < -0.39 is 0 Å². The zero-order valence-electron chi connectivity index (χ0n) is 17.5. The summed E-state index contributed by atoms with van der Waals surface area (Å²) in [6.07, 6.45) is 4.89. The summed E-state index contributed by atoms with van der Waals surface area (Å²) in [6.45, 7) is 1.97. The third-order valence-electron chi connectivity index (χ3n) is 6.20. The van der Waals surface area contributed by atoms with Crippen LogP contribution in [0.15, 0.2) is 60.9 Å².